The van der Waals surface area contributed by atoms with E-state index in [-0.39, 0.29) is 18.0 Å². The summed E-state index contributed by atoms with van der Waals surface area (Å²) >= 11 is 0. The van der Waals surface area contributed by atoms with Crippen LogP contribution in [0.1, 0.15) is 39.7 Å². The van der Waals surface area contributed by atoms with Crippen molar-refractivity contribution >= 4 is 0 Å². The van der Waals surface area contributed by atoms with Crippen LogP contribution < -0.4 is 4.74 Å². The van der Waals surface area contributed by atoms with Crippen molar-refractivity contribution < 1.29 is 19.0 Å². The third-order valence-corrected chi connectivity index (χ3v) is 5.24. The van der Waals surface area contributed by atoms with Gasteiger partial charge in [-0.15, -0.1) is 0 Å². The Hall–Kier alpha value is -2.74. The van der Waals surface area contributed by atoms with Crippen LogP contribution in [-0.2, 0) is 18.3 Å². The van der Waals surface area contributed by atoms with E-state index in [0.717, 1.165) is 29.8 Å². The van der Waals surface area contributed by atoms with Crippen LogP contribution in [0.2, 0.25) is 0 Å². The van der Waals surface area contributed by atoms with Crippen molar-refractivity contribution in [1.82, 2.24) is 14.7 Å². The number of nitrogens with zero attached hydrogens (tertiary/aromatic N) is 3. The molecule has 184 valence electrons. The van der Waals surface area contributed by atoms with Crippen LogP contribution >= 0.6 is 0 Å². The summed E-state index contributed by atoms with van der Waals surface area (Å²) in [6.45, 7) is 10.0. The molecule has 0 aliphatic heterocycles. The molecule has 0 aliphatic rings. The molecule has 0 amide bonds. The van der Waals surface area contributed by atoms with Gasteiger partial charge in [-0.25, -0.2) is 9.07 Å². The number of aromatic nitrogens is 2. The van der Waals surface area contributed by atoms with Crippen LogP contribution in [0.3, 0.4) is 0 Å². The highest BCUT2D eigenvalue weighted by Crippen LogP contribution is 2.34. The minimum atomic E-state index is -0.629. The Morgan fingerprint density at radius 3 is 2.50 bits per heavy atom. The summed E-state index contributed by atoms with van der Waals surface area (Å²) in [6.07, 6.45) is 0.295. The molecule has 0 saturated carbocycles. The summed E-state index contributed by atoms with van der Waals surface area (Å²) in [5, 5.41) is 15.4. The molecule has 0 saturated heterocycles. The second kappa shape index (κ2) is 11.6. The van der Waals surface area contributed by atoms with Gasteiger partial charge in [0.05, 0.1) is 23.9 Å². The van der Waals surface area contributed by atoms with Crippen molar-refractivity contribution in [3.63, 3.8) is 0 Å². The number of aryl methyl sites for hydroxylation is 1. The normalized spacial score (nSPS) is 12.8. The molecule has 0 unspecified atom stereocenters. The van der Waals surface area contributed by atoms with Gasteiger partial charge in [-0.1, -0.05) is 43.3 Å². The molecule has 0 bridgehead atoms. The summed E-state index contributed by atoms with van der Waals surface area (Å²) in [5.41, 5.74) is 2.34. The van der Waals surface area contributed by atoms with Gasteiger partial charge in [0, 0.05) is 31.8 Å². The highest BCUT2D eigenvalue weighted by atomic mass is 19.1. The molecule has 2 aromatic carbocycles. The standard InChI is InChI=1S/C27H36FN3O3/c1-6-15-31(17-22(32)19-33-27(2,3)4)18-24-25(20-11-8-7-9-12-20)29-30(5)26(24)34-23-14-10-13-21(28)16-23/h7-14,16,22,32H,6,15,17-19H2,1-5H3/t22-/m0/s1. The first-order valence-corrected chi connectivity index (χ1v) is 11.8. The highest BCUT2D eigenvalue weighted by molar-refractivity contribution is 5.65. The van der Waals surface area contributed by atoms with E-state index in [2.05, 4.69) is 11.8 Å². The van der Waals surface area contributed by atoms with Crippen molar-refractivity contribution in [3.05, 3.63) is 66.0 Å². The minimum absolute atomic E-state index is 0.259. The van der Waals surface area contributed by atoms with E-state index in [1.807, 2.05) is 58.2 Å². The average molecular weight is 470 g/mol. The predicted octanol–water partition coefficient (Wildman–Crippen LogP) is 5.41. The van der Waals surface area contributed by atoms with Gasteiger partial charge in [-0.2, -0.15) is 5.10 Å². The molecule has 1 N–H and O–H groups in total. The topological polar surface area (TPSA) is 59.8 Å². The van der Waals surface area contributed by atoms with Crippen molar-refractivity contribution in [2.24, 2.45) is 7.05 Å². The summed E-state index contributed by atoms with van der Waals surface area (Å²) in [5.74, 6) is 0.592. The van der Waals surface area contributed by atoms with Crippen LogP contribution in [0.15, 0.2) is 54.6 Å². The lowest BCUT2D eigenvalue weighted by Crippen LogP contribution is -2.37. The van der Waals surface area contributed by atoms with Crippen LogP contribution in [0.25, 0.3) is 11.3 Å². The third kappa shape index (κ3) is 7.38. The SMILES string of the molecule is CCCN(Cc1c(-c2ccccc2)nn(C)c1Oc1cccc(F)c1)C[C@H](O)COC(C)(C)C. The molecule has 34 heavy (non-hydrogen) atoms. The molecule has 1 aromatic heterocycles. The van der Waals surface area contributed by atoms with Gasteiger partial charge in [0.2, 0.25) is 5.88 Å². The number of rotatable bonds is 11. The third-order valence-electron chi connectivity index (χ3n) is 5.24. The van der Waals surface area contributed by atoms with E-state index in [1.54, 1.807) is 16.8 Å². The fourth-order valence-electron chi connectivity index (χ4n) is 3.76. The lowest BCUT2D eigenvalue weighted by atomic mass is 10.1. The molecule has 6 nitrogen and oxygen atoms in total. The van der Waals surface area contributed by atoms with Crippen LogP contribution in [0, 0.1) is 5.82 Å². The number of aliphatic hydroxyl groups is 1. The van der Waals surface area contributed by atoms with E-state index in [4.69, 9.17) is 14.6 Å². The zero-order valence-corrected chi connectivity index (χ0v) is 20.8. The highest BCUT2D eigenvalue weighted by Gasteiger charge is 2.24. The van der Waals surface area contributed by atoms with Gasteiger partial charge < -0.3 is 14.6 Å². The number of hydrogen-bond donors (Lipinski definition) is 1. The Balaban J connectivity index is 1.92. The maximum Gasteiger partial charge on any atom is 0.222 e. The van der Waals surface area contributed by atoms with Gasteiger partial charge in [0.1, 0.15) is 17.3 Å². The molecular formula is C27H36FN3O3. The van der Waals surface area contributed by atoms with Crippen molar-refractivity contribution in [2.45, 2.75) is 52.4 Å². The minimum Gasteiger partial charge on any atom is -0.439 e. The van der Waals surface area contributed by atoms with Crippen LogP contribution in [0.5, 0.6) is 11.6 Å². The lowest BCUT2D eigenvalue weighted by molar-refractivity contribution is -0.0566. The largest absolute Gasteiger partial charge is 0.439 e. The summed E-state index contributed by atoms with van der Waals surface area (Å²) < 4.78 is 27.4. The Morgan fingerprint density at radius 1 is 1.12 bits per heavy atom. The number of ether oxygens (including phenoxy) is 2. The molecule has 1 atom stereocenters. The van der Waals surface area contributed by atoms with Gasteiger partial charge >= 0.3 is 0 Å². The molecule has 0 spiro atoms. The van der Waals surface area contributed by atoms with Gasteiger partial charge in [0.15, 0.2) is 0 Å². The Kier molecular flexibility index (Phi) is 8.83. The summed E-state index contributed by atoms with van der Waals surface area (Å²) in [7, 11) is 1.82. The average Bonchev–Trinajstić information content (AvgIpc) is 3.08. The van der Waals surface area contributed by atoms with Crippen LogP contribution in [-0.4, -0.2) is 51.2 Å². The van der Waals surface area contributed by atoms with Gasteiger partial charge in [-0.05, 0) is 45.9 Å². The molecule has 1 heterocycles. The molecule has 3 aromatic rings. The first-order valence-electron chi connectivity index (χ1n) is 11.8. The quantitative estimate of drug-likeness (QED) is 0.407. The van der Waals surface area contributed by atoms with E-state index in [9.17, 15) is 9.50 Å². The Bertz CT molecular complexity index is 1050. The fourth-order valence-corrected chi connectivity index (χ4v) is 3.76. The van der Waals surface area contributed by atoms with Crippen LogP contribution in [0.4, 0.5) is 4.39 Å². The first kappa shape index (κ1) is 25.9. The summed E-state index contributed by atoms with van der Waals surface area (Å²) in [4.78, 5) is 2.18. The van der Waals surface area contributed by atoms with E-state index in [0.29, 0.717) is 24.7 Å². The van der Waals surface area contributed by atoms with Crippen molar-refractivity contribution in [2.75, 3.05) is 19.7 Å². The number of aliphatic hydroxyl groups excluding tert-OH is 1. The Morgan fingerprint density at radius 2 is 1.85 bits per heavy atom. The number of hydrogen-bond acceptors (Lipinski definition) is 5. The molecule has 0 fully saturated rings. The molecule has 3 rings (SSSR count). The zero-order valence-electron chi connectivity index (χ0n) is 20.8. The monoisotopic (exact) mass is 469 g/mol. The predicted molar refractivity (Wildman–Crippen MR) is 132 cm³/mol. The molecular weight excluding hydrogens is 433 g/mol. The van der Waals surface area contributed by atoms with Crippen molar-refractivity contribution in [3.8, 4) is 22.9 Å². The zero-order chi connectivity index (χ0) is 24.7. The lowest BCUT2D eigenvalue weighted by Gasteiger charge is -2.27. The molecule has 7 heteroatoms. The number of benzene rings is 2. The number of halogens is 1. The van der Waals surface area contributed by atoms with E-state index >= 15 is 0 Å². The molecule has 0 radical (unpaired) electrons. The van der Waals surface area contributed by atoms with E-state index in [1.165, 1.54) is 12.1 Å². The van der Waals surface area contributed by atoms with Crippen molar-refractivity contribution in [1.29, 1.82) is 0 Å². The smallest absolute Gasteiger partial charge is 0.222 e. The maximum atomic E-state index is 13.8. The molecule has 0 aliphatic carbocycles. The summed E-state index contributed by atoms with van der Waals surface area (Å²) in [6, 6.07) is 16.0. The first-order chi connectivity index (χ1) is 16.2. The van der Waals surface area contributed by atoms with Gasteiger partial charge in [-0.3, -0.25) is 4.90 Å². The second-order valence-corrected chi connectivity index (χ2v) is 9.49. The van der Waals surface area contributed by atoms with Gasteiger partial charge in [0.25, 0.3) is 0 Å². The Labute approximate surface area is 201 Å². The maximum absolute atomic E-state index is 13.8. The van der Waals surface area contributed by atoms with E-state index < -0.39 is 6.10 Å². The fraction of sp³-hybridized carbons (Fsp3) is 0.444. The second-order valence-electron chi connectivity index (χ2n) is 9.49.